The Morgan fingerprint density at radius 2 is 1.81 bits per heavy atom. The lowest BCUT2D eigenvalue weighted by molar-refractivity contribution is -0.140. The van der Waals surface area contributed by atoms with Crippen LogP contribution in [0.1, 0.15) is 46.7 Å². The van der Waals surface area contributed by atoms with Crippen LogP contribution in [0.15, 0.2) is 48.5 Å². The molecule has 2 amide bonds. The fourth-order valence-corrected chi connectivity index (χ4v) is 2.81. The van der Waals surface area contributed by atoms with Crippen molar-refractivity contribution >= 4 is 23.5 Å². The molecule has 0 bridgehead atoms. The van der Waals surface area contributed by atoms with E-state index in [0.29, 0.717) is 16.8 Å². The van der Waals surface area contributed by atoms with E-state index in [2.05, 4.69) is 10.6 Å². The average molecular weight is 366 g/mol. The van der Waals surface area contributed by atoms with Gasteiger partial charge >= 0.3 is 5.97 Å². The molecule has 0 spiro atoms. The third-order valence-corrected chi connectivity index (χ3v) is 4.58. The molecule has 6 heteroatoms. The van der Waals surface area contributed by atoms with Gasteiger partial charge in [0.1, 0.15) is 0 Å². The zero-order valence-corrected chi connectivity index (χ0v) is 15.1. The minimum atomic E-state index is -1.05. The zero-order valence-electron chi connectivity index (χ0n) is 15.1. The molecule has 1 fully saturated rings. The van der Waals surface area contributed by atoms with E-state index in [-0.39, 0.29) is 18.4 Å². The van der Waals surface area contributed by atoms with E-state index in [1.54, 1.807) is 48.5 Å². The summed E-state index contributed by atoms with van der Waals surface area (Å²) in [6.07, 6.45) is 1.81. The molecule has 27 heavy (non-hydrogen) atoms. The summed E-state index contributed by atoms with van der Waals surface area (Å²) in [6, 6.07) is 14.0. The van der Waals surface area contributed by atoms with Crippen molar-refractivity contribution in [2.75, 3.05) is 5.32 Å². The molecule has 0 aromatic heterocycles. The second kappa shape index (κ2) is 8.03. The van der Waals surface area contributed by atoms with Crippen molar-refractivity contribution in [2.45, 2.75) is 38.1 Å². The number of carboxylic acids is 1. The maximum Gasteiger partial charge on any atom is 0.311 e. The maximum atomic E-state index is 12.4. The number of carboxylic acid groups (broad SMARTS) is 1. The van der Waals surface area contributed by atoms with Gasteiger partial charge in [-0.2, -0.15) is 0 Å². The Labute approximate surface area is 157 Å². The molecule has 2 aromatic rings. The fourth-order valence-electron chi connectivity index (χ4n) is 2.81. The van der Waals surface area contributed by atoms with E-state index in [0.717, 1.165) is 18.4 Å². The SMILES string of the molecule is Cc1ccc(C(=O)NC2CC2)cc1NC(=O)CC(C(=O)O)c1ccccc1. The Kier molecular flexibility index (Phi) is 5.54. The highest BCUT2D eigenvalue weighted by Crippen LogP contribution is 2.23. The van der Waals surface area contributed by atoms with Crippen molar-refractivity contribution in [1.29, 1.82) is 0 Å². The predicted molar refractivity (Wildman–Crippen MR) is 102 cm³/mol. The fraction of sp³-hybridized carbons (Fsp3) is 0.286. The monoisotopic (exact) mass is 366 g/mol. The summed E-state index contributed by atoms with van der Waals surface area (Å²) in [7, 11) is 0. The predicted octanol–water partition coefficient (Wildman–Crippen LogP) is 3.08. The van der Waals surface area contributed by atoms with E-state index in [1.165, 1.54) is 0 Å². The van der Waals surface area contributed by atoms with E-state index in [9.17, 15) is 19.5 Å². The number of rotatable bonds is 7. The molecule has 1 aliphatic carbocycles. The number of hydrogen-bond donors (Lipinski definition) is 3. The zero-order chi connectivity index (χ0) is 19.4. The molecule has 0 saturated heterocycles. The lowest BCUT2D eigenvalue weighted by Crippen LogP contribution is -2.25. The summed E-state index contributed by atoms with van der Waals surface area (Å²) in [5.41, 5.74) is 2.37. The Hall–Kier alpha value is -3.15. The quantitative estimate of drug-likeness (QED) is 0.702. The van der Waals surface area contributed by atoms with Gasteiger partial charge in [-0.1, -0.05) is 36.4 Å². The van der Waals surface area contributed by atoms with Crippen molar-refractivity contribution in [1.82, 2.24) is 5.32 Å². The maximum absolute atomic E-state index is 12.4. The largest absolute Gasteiger partial charge is 0.481 e. The molecule has 6 nitrogen and oxygen atoms in total. The second-order valence-corrected chi connectivity index (χ2v) is 6.83. The Morgan fingerprint density at radius 3 is 2.44 bits per heavy atom. The summed E-state index contributed by atoms with van der Waals surface area (Å²) in [5.74, 6) is -2.55. The summed E-state index contributed by atoms with van der Waals surface area (Å²) >= 11 is 0. The number of benzene rings is 2. The summed E-state index contributed by atoms with van der Waals surface area (Å²) < 4.78 is 0. The van der Waals surface area contributed by atoms with Gasteiger partial charge in [0.15, 0.2) is 0 Å². The van der Waals surface area contributed by atoms with Crippen LogP contribution in [0.5, 0.6) is 0 Å². The molecular formula is C21H22N2O4. The summed E-state index contributed by atoms with van der Waals surface area (Å²) in [4.78, 5) is 36.2. The van der Waals surface area contributed by atoms with Gasteiger partial charge in [-0.15, -0.1) is 0 Å². The topological polar surface area (TPSA) is 95.5 Å². The van der Waals surface area contributed by atoms with Crippen LogP contribution in [0.4, 0.5) is 5.69 Å². The van der Waals surface area contributed by atoms with Crippen molar-refractivity contribution in [2.24, 2.45) is 0 Å². The number of carbonyl (C=O) groups is 3. The number of carbonyl (C=O) groups excluding carboxylic acids is 2. The number of aryl methyl sites for hydroxylation is 1. The van der Waals surface area contributed by atoms with Crippen LogP contribution in [0.25, 0.3) is 0 Å². The molecule has 1 atom stereocenters. The Balaban J connectivity index is 1.70. The van der Waals surface area contributed by atoms with Gasteiger partial charge in [-0.25, -0.2) is 0 Å². The van der Waals surface area contributed by atoms with Gasteiger partial charge in [0, 0.05) is 23.7 Å². The number of amides is 2. The van der Waals surface area contributed by atoms with E-state index < -0.39 is 17.8 Å². The van der Waals surface area contributed by atoms with Crippen molar-refractivity contribution in [3.05, 3.63) is 65.2 Å². The van der Waals surface area contributed by atoms with Gasteiger partial charge in [-0.05, 0) is 43.0 Å². The highest BCUT2D eigenvalue weighted by Gasteiger charge is 2.25. The van der Waals surface area contributed by atoms with Gasteiger partial charge in [0.2, 0.25) is 5.91 Å². The van der Waals surface area contributed by atoms with Crippen LogP contribution >= 0.6 is 0 Å². The van der Waals surface area contributed by atoms with E-state index >= 15 is 0 Å². The second-order valence-electron chi connectivity index (χ2n) is 6.83. The van der Waals surface area contributed by atoms with Gasteiger partial charge in [-0.3, -0.25) is 14.4 Å². The highest BCUT2D eigenvalue weighted by molar-refractivity contribution is 5.99. The average Bonchev–Trinajstić information content (AvgIpc) is 3.46. The highest BCUT2D eigenvalue weighted by atomic mass is 16.4. The first-order valence-electron chi connectivity index (χ1n) is 8.93. The first kappa shape index (κ1) is 18.6. The molecule has 3 rings (SSSR count). The molecule has 1 saturated carbocycles. The van der Waals surface area contributed by atoms with Crippen LogP contribution in [-0.2, 0) is 9.59 Å². The minimum absolute atomic E-state index is 0.166. The smallest absolute Gasteiger partial charge is 0.311 e. The molecule has 1 aliphatic rings. The standard InChI is InChI=1S/C21H22N2O4/c1-13-7-8-15(20(25)22-16-9-10-16)11-18(13)23-19(24)12-17(21(26)27)14-5-3-2-4-6-14/h2-8,11,16-17H,9-10,12H2,1H3,(H,22,25)(H,23,24)(H,26,27). The molecule has 1 unspecified atom stereocenters. The third kappa shape index (κ3) is 4.94. The Morgan fingerprint density at radius 1 is 1.11 bits per heavy atom. The molecule has 140 valence electrons. The first-order valence-corrected chi connectivity index (χ1v) is 8.93. The van der Waals surface area contributed by atoms with E-state index in [4.69, 9.17) is 0 Å². The molecule has 3 N–H and O–H groups in total. The number of nitrogens with one attached hydrogen (secondary N) is 2. The Bertz CT molecular complexity index is 860. The van der Waals surface area contributed by atoms with E-state index in [1.807, 2.05) is 6.92 Å². The van der Waals surface area contributed by atoms with Crippen LogP contribution in [-0.4, -0.2) is 28.9 Å². The number of anilines is 1. The van der Waals surface area contributed by atoms with Crippen molar-refractivity contribution in [3.63, 3.8) is 0 Å². The summed E-state index contributed by atoms with van der Waals surface area (Å²) in [6.45, 7) is 1.82. The molecule has 0 heterocycles. The normalized spacial score (nSPS) is 14.3. The van der Waals surface area contributed by atoms with Gasteiger partial charge < -0.3 is 15.7 Å². The van der Waals surface area contributed by atoms with Gasteiger partial charge in [0.05, 0.1) is 5.92 Å². The minimum Gasteiger partial charge on any atom is -0.481 e. The van der Waals surface area contributed by atoms with Crippen molar-refractivity contribution < 1.29 is 19.5 Å². The molecule has 0 radical (unpaired) electrons. The van der Waals surface area contributed by atoms with Crippen LogP contribution < -0.4 is 10.6 Å². The number of aliphatic carboxylic acids is 1. The first-order chi connectivity index (χ1) is 12.9. The molecular weight excluding hydrogens is 344 g/mol. The number of hydrogen-bond acceptors (Lipinski definition) is 3. The lowest BCUT2D eigenvalue weighted by atomic mass is 9.95. The van der Waals surface area contributed by atoms with Crippen LogP contribution in [0, 0.1) is 6.92 Å². The molecule has 2 aromatic carbocycles. The third-order valence-electron chi connectivity index (χ3n) is 4.58. The van der Waals surface area contributed by atoms with Gasteiger partial charge in [0.25, 0.3) is 5.91 Å². The van der Waals surface area contributed by atoms with Crippen LogP contribution in [0.3, 0.4) is 0 Å². The van der Waals surface area contributed by atoms with Crippen LogP contribution in [0.2, 0.25) is 0 Å². The summed E-state index contributed by atoms with van der Waals surface area (Å²) in [5, 5.41) is 15.1. The lowest BCUT2D eigenvalue weighted by Gasteiger charge is -2.14. The molecule has 0 aliphatic heterocycles. The van der Waals surface area contributed by atoms with Crippen molar-refractivity contribution in [3.8, 4) is 0 Å².